The van der Waals surface area contributed by atoms with Crippen LogP contribution in [0.2, 0.25) is 13.1 Å². The summed E-state index contributed by atoms with van der Waals surface area (Å²) in [7, 11) is -6.47. The van der Waals surface area contributed by atoms with Crippen LogP contribution >= 0.6 is 17.0 Å². The van der Waals surface area contributed by atoms with E-state index >= 15 is 0 Å². The third-order valence-electron chi connectivity index (χ3n) is 12.7. The van der Waals surface area contributed by atoms with Crippen LogP contribution in [0, 0.1) is 0 Å². The first-order valence-corrected chi connectivity index (χ1v) is 28.8. The normalized spacial score (nSPS) is 20.6. The van der Waals surface area contributed by atoms with Crippen molar-refractivity contribution in [1.29, 1.82) is 0 Å². The first-order valence-electron chi connectivity index (χ1n) is 23.4. The molecule has 358 valence electrons. The Morgan fingerprint density at radius 3 is 1.12 bits per heavy atom. The zero-order chi connectivity index (χ0) is 46.6. The standard InChI is InChI=1S/C53H54O13P2Si/c1-69(2,49-26-14-12-24-46(49)66-68(64-43-21-9-6-18-39(43)52-58-31-32-59-52)65-44-22-10-7-19-40(44)53-60-33-34-61-53)48-25-13-11-23-45(48)63-67(62-42-20-8-5-17-38(42)51-56-29-30-57-51)47-35-41(47)36-15-3-4-16-37(36)50-54-27-28-55-50/h3-26,41,47,50-53H,27-35H2,1-2H3. The molecular formula is C53H54O13P2Si. The molecule has 0 bridgehead atoms. The molecule has 3 atom stereocenters. The van der Waals surface area contributed by atoms with Gasteiger partial charge in [-0.2, -0.15) is 0 Å². The molecule has 13 nitrogen and oxygen atoms in total. The summed E-state index contributed by atoms with van der Waals surface area (Å²) in [5.41, 5.74) is 4.63. The van der Waals surface area contributed by atoms with Gasteiger partial charge in [-0.05, 0) is 58.6 Å². The van der Waals surface area contributed by atoms with Crippen molar-refractivity contribution in [2.75, 3.05) is 52.9 Å². The van der Waals surface area contributed by atoms with Crippen LogP contribution in [0.5, 0.6) is 28.7 Å². The van der Waals surface area contributed by atoms with E-state index in [9.17, 15) is 0 Å². The number of hydrogen-bond acceptors (Lipinski definition) is 13. The Bertz CT molecular complexity index is 2620. The van der Waals surface area contributed by atoms with Crippen LogP contribution in [-0.2, 0) is 37.9 Å². The minimum absolute atomic E-state index is 0.0677. The smallest absolute Gasteiger partial charge is 0.438 e. The average Bonchev–Trinajstić information content (AvgIpc) is 4.07. The first kappa shape index (κ1) is 46.5. The number of rotatable bonds is 18. The summed E-state index contributed by atoms with van der Waals surface area (Å²) in [5.74, 6) is 3.29. The topological polar surface area (TPSA) is 120 Å². The fourth-order valence-electron chi connectivity index (χ4n) is 9.15. The van der Waals surface area contributed by atoms with Crippen molar-refractivity contribution < 1.29 is 60.5 Å². The van der Waals surface area contributed by atoms with E-state index in [0.29, 0.717) is 75.9 Å². The number of ether oxygens (including phenoxy) is 8. The molecule has 69 heavy (non-hydrogen) atoms. The summed E-state index contributed by atoms with van der Waals surface area (Å²) in [6.45, 7) is 8.73. The van der Waals surface area contributed by atoms with Crippen molar-refractivity contribution in [3.05, 3.63) is 173 Å². The monoisotopic (exact) mass is 988 g/mol. The van der Waals surface area contributed by atoms with Gasteiger partial charge in [0.25, 0.3) is 8.38 Å². The first-order chi connectivity index (χ1) is 34.0. The van der Waals surface area contributed by atoms with Crippen molar-refractivity contribution in [2.45, 2.75) is 56.3 Å². The van der Waals surface area contributed by atoms with Gasteiger partial charge in [0.05, 0.1) is 75.2 Å². The number of hydrogen-bond donors (Lipinski definition) is 0. The molecule has 0 radical (unpaired) electrons. The second-order valence-electron chi connectivity index (χ2n) is 17.5. The van der Waals surface area contributed by atoms with Gasteiger partial charge in [-0.25, -0.2) is 0 Å². The maximum Gasteiger partial charge on any atom is 0.530 e. The van der Waals surface area contributed by atoms with Crippen LogP contribution in [0.15, 0.2) is 146 Å². The average molecular weight is 989 g/mol. The minimum Gasteiger partial charge on any atom is -0.438 e. The Morgan fingerprint density at radius 1 is 0.362 bits per heavy atom. The molecule has 11 rings (SSSR count). The van der Waals surface area contributed by atoms with Crippen molar-refractivity contribution >= 4 is 35.4 Å². The number of para-hydroxylation sites is 5. The van der Waals surface area contributed by atoms with Gasteiger partial charge in [0, 0.05) is 5.56 Å². The fraction of sp³-hybridized carbons (Fsp3) is 0.321. The molecule has 0 N–H and O–H groups in total. The Morgan fingerprint density at radius 2 is 0.667 bits per heavy atom. The largest absolute Gasteiger partial charge is 0.530 e. The van der Waals surface area contributed by atoms with Crippen molar-refractivity contribution in [2.24, 2.45) is 0 Å². The molecule has 4 aliphatic heterocycles. The second-order valence-corrected chi connectivity index (χ2v) is 24.5. The van der Waals surface area contributed by atoms with E-state index in [1.807, 2.05) is 103 Å². The highest BCUT2D eigenvalue weighted by atomic mass is 31.2. The molecule has 1 aliphatic carbocycles. The second kappa shape index (κ2) is 21.2. The van der Waals surface area contributed by atoms with E-state index in [4.69, 9.17) is 60.5 Å². The Balaban J connectivity index is 0.923. The Kier molecular flexibility index (Phi) is 14.3. The van der Waals surface area contributed by atoms with E-state index in [0.717, 1.165) is 44.8 Å². The molecule has 1 saturated carbocycles. The van der Waals surface area contributed by atoms with Crippen LogP contribution in [0.4, 0.5) is 0 Å². The van der Waals surface area contributed by atoms with E-state index in [1.165, 1.54) is 5.56 Å². The molecule has 3 unspecified atom stereocenters. The van der Waals surface area contributed by atoms with Gasteiger partial charge in [-0.3, -0.25) is 0 Å². The Hall–Kier alpha value is -4.92. The lowest BCUT2D eigenvalue weighted by molar-refractivity contribution is -0.0454. The predicted molar refractivity (Wildman–Crippen MR) is 262 cm³/mol. The summed E-state index contributed by atoms with van der Waals surface area (Å²) < 4.78 is 82.7. The molecular weight excluding hydrogens is 935 g/mol. The highest BCUT2D eigenvalue weighted by Crippen LogP contribution is 2.63. The molecule has 5 aliphatic rings. The van der Waals surface area contributed by atoms with Crippen LogP contribution in [-0.4, -0.2) is 66.6 Å². The lowest BCUT2D eigenvalue weighted by atomic mass is 10.0. The molecule has 0 amide bonds. The summed E-state index contributed by atoms with van der Waals surface area (Å²) in [6.07, 6.45) is -1.20. The van der Waals surface area contributed by atoms with Gasteiger partial charge in [0.15, 0.2) is 25.2 Å². The quantitative estimate of drug-likeness (QED) is 0.0601. The highest BCUT2D eigenvalue weighted by Gasteiger charge is 2.51. The van der Waals surface area contributed by atoms with E-state index < -0.39 is 50.2 Å². The maximum atomic E-state index is 7.32. The molecule has 0 spiro atoms. The van der Waals surface area contributed by atoms with Crippen LogP contribution < -0.4 is 33.0 Å². The third-order valence-corrected chi connectivity index (χ3v) is 19.1. The Labute approximate surface area is 405 Å². The summed E-state index contributed by atoms with van der Waals surface area (Å²) in [6, 6.07) is 48.1. The summed E-state index contributed by atoms with van der Waals surface area (Å²) in [5, 5.41) is 2.10. The van der Waals surface area contributed by atoms with Gasteiger partial charge in [-0.1, -0.05) is 128 Å². The van der Waals surface area contributed by atoms with E-state index in [-0.39, 0.29) is 11.6 Å². The molecule has 4 heterocycles. The molecule has 16 heteroatoms. The van der Waals surface area contributed by atoms with Gasteiger partial charge in [0.1, 0.15) is 36.8 Å². The van der Waals surface area contributed by atoms with Gasteiger partial charge < -0.3 is 60.5 Å². The zero-order valence-corrected chi connectivity index (χ0v) is 41.2. The van der Waals surface area contributed by atoms with Crippen molar-refractivity contribution in [1.82, 2.24) is 0 Å². The van der Waals surface area contributed by atoms with Crippen molar-refractivity contribution in [3.8, 4) is 28.7 Å². The lowest BCUT2D eigenvalue weighted by Crippen LogP contribution is -2.53. The van der Waals surface area contributed by atoms with Crippen LogP contribution in [0.25, 0.3) is 0 Å². The molecule has 6 aromatic rings. The van der Waals surface area contributed by atoms with Crippen molar-refractivity contribution in [3.63, 3.8) is 0 Å². The summed E-state index contributed by atoms with van der Waals surface area (Å²) >= 11 is 0. The van der Waals surface area contributed by atoms with E-state index in [1.54, 1.807) is 0 Å². The van der Waals surface area contributed by atoms with Gasteiger partial charge in [0.2, 0.25) is 0 Å². The molecule has 6 aromatic carbocycles. The van der Waals surface area contributed by atoms with E-state index in [2.05, 4.69) is 55.6 Å². The van der Waals surface area contributed by atoms with Crippen LogP contribution in [0.3, 0.4) is 0 Å². The molecule has 4 saturated heterocycles. The third kappa shape index (κ3) is 10.3. The lowest BCUT2D eigenvalue weighted by Gasteiger charge is -2.30. The zero-order valence-electron chi connectivity index (χ0n) is 38.4. The highest BCUT2D eigenvalue weighted by molar-refractivity contribution is 7.49. The SMILES string of the molecule is C[Si](C)(c1ccccc1OP(Oc1ccccc1C1OCCO1)Oc1ccccc1C1OCCO1)c1ccccc1OP(Oc1ccccc1C1OCCO1)C1CC1c1ccccc1C1OCCO1. The fourth-order valence-corrected chi connectivity index (χ4v) is 15.1. The van der Waals surface area contributed by atoms with Crippen LogP contribution in [0.1, 0.15) is 65.3 Å². The number of benzene rings is 6. The minimum atomic E-state index is -2.72. The maximum absolute atomic E-state index is 7.32. The van der Waals surface area contributed by atoms with Gasteiger partial charge in [-0.15, -0.1) is 0 Å². The molecule has 5 fully saturated rings. The summed E-state index contributed by atoms with van der Waals surface area (Å²) in [4.78, 5) is 0. The van der Waals surface area contributed by atoms with Gasteiger partial charge >= 0.3 is 8.60 Å². The molecule has 0 aromatic heterocycles. The predicted octanol–water partition coefficient (Wildman–Crippen LogP) is 10.8.